The van der Waals surface area contributed by atoms with Gasteiger partial charge < -0.3 is 0 Å². The molecule has 0 N–H and O–H groups in total. The van der Waals surface area contributed by atoms with Gasteiger partial charge in [0.05, 0.1) is 7.85 Å². The minimum atomic E-state index is 0.850. The summed E-state index contributed by atoms with van der Waals surface area (Å²) >= 11 is 2.36. The van der Waals surface area contributed by atoms with Gasteiger partial charge in [0.2, 0.25) is 0 Å². The van der Waals surface area contributed by atoms with E-state index in [1.54, 1.807) is 0 Å². The molecule has 0 atom stereocenters. The van der Waals surface area contributed by atoms with Gasteiger partial charge in [-0.2, -0.15) is 0 Å². The Morgan fingerprint density at radius 1 is 1.33 bits per heavy atom. The molecule has 2 heteroatoms. The second-order valence-electron chi connectivity index (χ2n) is 1.18. The van der Waals surface area contributed by atoms with Gasteiger partial charge in [0.25, 0.3) is 0 Å². The number of hydrogen-bond acceptors (Lipinski definition) is 0. The quantitative estimate of drug-likeness (QED) is 0.278. The fraction of sp³-hybridized carbons (Fsp3) is 1.00. The number of rotatable bonds is 3. The zero-order chi connectivity index (χ0) is 4.83. The first kappa shape index (κ1) is 6.79. The Balaban J connectivity index is 2.34. The second kappa shape index (κ2) is 5.79. The fourth-order valence-electron chi connectivity index (χ4n) is 0.239. The number of unbranched alkanes of at least 4 members (excludes halogenated alkanes) is 1. The lowest BCUT2D eigenvalue weighted by Gasteiger charge is -1.85. The van der Waals surface area contributed by atoms with E-state index in [4.69, 9.17) is 7.85 Å². The molecular weight excluding hydrogens is 186 g/mol. The van der Waals surface area contributed by atoms with Crippen molar-refractivity contribution in [2.45, 2.75) is 19.2 Å². The summed E-state index contributed by atoms with van der Waals surface area (Å²) in [5.41, 5.74) is 0. The van der Waals surface area contributed by atoms with Crippen molar-refractivity contribution in [1.29, 1.82) is 0 Å². The molecule has 0 rings (SSSR count). The average Bonchev–Trinajstić information content (AvgIpc) is 1.61. The van der Waals surface area contributed by atoms with E-state index < -0.39 is 0 Å². The van der Waals surface area contributed by atoms with Crippen LogP contribution in [-0.4, -0.2) is 12.3 Å². The lowest BCUT2D eigenvalue weighted by atomic mass is 10.0. The van der Waals surface area contributed by atoms with Crippen LogP contribution in [0.1, 0.15) is 12.8 Å². The van der Waals surface area contributed by atoms with Crippen LogP contribution >= 0.6 is 22.6 Å². The van der Waals surface area contributed by atoms with Crippen molar-refractivity contribution in [3.05, 3.63) is 0 Å². The molecule has 0 aliphatic carbocycles. The van der Waals surface area contributed by atoms with Gasteiger partial charge in [-0.1, -0.05) is 35.3 Å². The minimum absolute atomic E-state index is 0.850. The van der Waals surface area contributed by atoms with Gasteiger partial charge in [-0.05, 0) is 10.8 Å². The predicted molar refractivity (Wildman–Crippen MR) is 38.7 cm³/mol. The lowest BCUT2D eigenvalue weighted by molar-refractivity contribution is 0.905. The summed E-state index contributed by atoms with van der Waals surface area (Å²) < 4.78 is 1.25. The number of hydrogen-bond donors (Lipinski definition) is 0. The molecule has 2 radical (unpaired) electrons. The first-order valence-corrected chi connectivity index (χ1v) is 3.70. The molecular formula is C4H8BI. The van der Waals surface area contributed by atoms with E-state index in [9.17, 15) is 0 Å². The Morgan fingerprint density at radius 2 is 2.00 bits per heavy atom. The van der Waals surface area contributed by atoms with E-state index >= 15 is 0 Å². The smallest absolute Gasteiger partial charge is 0.0653 e. The van der Waals surface area contributed by atoms with E-state index in [1.165, 1.54) is 17.3 Å². The lowest BCUT2D eigenvalue weighted by Crippen LogP contribution is -1.72. The number of alkyl halides is 1. The normalized spacial score (nSPS) is 8.83. The summed E-state index contributed by atoms with van der Waals surface area (Å²) in [6.07, 6.45) is 3.31. The van der Waals surface area contributed by atoms with E-state index in [0.29, 0.717) is 0 Å². The van der Waals surface area contributed by atoms with Gasteiger partial charge in [-0.3, -0.25) is 0 Å². The Labute approximate surface area is 54.2 Å². The van der Waals surface area contributed by atoms with Crippen LogP contribution in [0.5, 0.6) is 0 Å². The summed E-state index contributed by atoms with van der Waals surface area (Å²) in [5.74, 6) is 0. The van der Waals surface area contributed by atoms with E-state index in [2.05, 4.69) is 22.6 Å². The third-order valence-electron chi connectivity index (χ3n) is 0.588. The SMILES string of the molecule is [B]CCCCI. The topological polar surface area (TPSA) is 0 Å². The molecule has 0 aromatic heterocycles. The summed E-state index contributed by atoms with van der Waals surface area (Å²) in [6.45, 7) is 0. The zero-order valence-electron chi connectivity index (χ0n) is 3.78. The standard InChI is InChI=1S/C4H8BI/c5-3-1-2-4-6/h1-4H2. The molecule has 0 amide bonds. The molecule has 0 spiro atoms. The number of halogens is 1. The highest BCUT2D eigenvalue weighted by molar-refractivity contribution is 14.1. The third-order valence-corrected chi connectivity index (χ3v) is 1.35. The average molecular weight is 194 g/mol. The van der Waals surface area contributed by atoms with Gasteiger partial charge in [0.15, 0.2) is 0 Å². The zero-order valence-corrected chi connectivity index (χ0v) is 5.94. The van der Waals surface area contributed by atoms with Crippen molar-refractivity contribution in [3.63, 3.8) is 0 Å². The first-order valence-electron chi connectivity index (χ1n) is 2.18. The molecule has 0 heterocycles. The molecule has 6 heavy (non-hydrogen) atoms. The van der Waals surface area contributed by atoms with Crippen LogP contribution in [0.25, 0.3) is 0 Å². The van der Waals surface area contributed by atoms with Gasteiger partial charge in [0, 0.05) is 0 Å². The molecule has 0 saturated carbocycles. The largest absolute Gasteiger partial charge is 0.0887 e. The molecule has 0 fully saturated rings. The van der Waals surface area contributed by atoms with E-state index in [1.807, 2.05) is 0 Å². The maximum absolute atomic E-state index is 5.21. The van der Waals surface area contributed by atoms with Crippen LogP contribution in [0.3, 0.4) is 0 Å². The molecule has 0 aromatic carbocycles. The summed E-state index contributed by atoms with van der Waals surface area (Å²) in [5, 5.41) is 0. The first-order chi connectivity index (χ1) is 2.91. The molecule has 0 aliphatic rings. The van der Waals surface area contributed by atoms with E-state index in [0.717, 1.165) is 6.32 Å². The van der Waals surface area contributed by atoms with Crippen molar-refractivity contribution in [1.82, 2.24) is 0 Å². The highest BCUT2D eigenvalue weighted by Crippen LogP contribution is 1.95. The third kappa shape index (κ3) is 4.79. The molecule has 0 aromatic rings. The van der Waals surface area contributed by atoms with Crippen LogP contribution in [-0.2, 0) is 0 Å². The van der Waals surface area contributed by atoms with Gasteiger partial charge in [-0.15, -0.1) is 0 Å². The highest BCUT2D eigenvalue weighted by atomic mass is 127. The molecule has 34 valence electrons. The van der Waals surface area contributed by atoms with Gasteiger partial charge in [-0.25, -0.2) is 0 Å². The van der Waals surface area contributed by atoms with Crippen molar-refractivity contribution in [2.24, 2.45) is 0 Å². The summed E-state index contributed by atoms with van der Waals surface area (Å²) in [6, 6.07) is 0. The van der Waals surface area contributed by atoms with Gasteiger partial charge in [0.1, 0.15) is 0 Å². The Bertz CT molecular complexity index is 19.5. The van der Waals surface area contributed by atoms with Crippen LogP contribution in [0.15, 0.2) is 0 Å². The minimum Gasteiger partial charge on any atom is -0.0887 e. The molecule has 0 aliphatic heterocycles. The summed E-state index contributed by atoms with van der Waals surface area (Å²) in [4.78, 5) is 0. The molecule has 0 saturated heterocycles. The molecule has 0 bridgehead atoms. The van der Waals surface area contributed by atoms with Crippen molar-refractivity contribution in [2.75, 3.05) is 4.43 Å². The van der Waals surface area contributed by atoms with Crippen LogP contribution < -0.4 is 0 Å². The highest BCUT2D eigenvalue weighted by Gasteiger charge is 1.76. The van der Waals surface area contributed by atoms with Crippen molar-refractivity contribution < 1.29 is 0 Å². The predicted octanol–water partition coefficient (Wildman–Crippen LogP) is 1.79. The van der Waals surface area contributed by atoms with Crippen LogP contribution in [0.2, 0.25) is 6.32 Å². The van der Waals surface area contributed by atoms with Crippen molar-refractivity contribution in [3.8, 4) is 0 Å². The molecule has 0 nitrogen and oxygen atoms in total. The Hall–Kier alpha value is 0.795. The fourth-order valence-corrected chi connectivity index (χ4v) is 0.778. The van der Waals surface area contributed by atoms with Crippen molar-refractivity contribution >= 4 is 30.4 Å². The summed E-state index contributed by atoms with van der Waals surface area (Å²) in [7, 11) is 5.21. The molecule has 0 unspecified atom stereocenters. The van der Waals surface area contributed by atoms with E-state index in [-0.39, 0.29) is 0 Å². The Morgan fingerprint density at radius 3 is 2.17 bits per heavy atom. The van der Waals surface area contributed by atoms with Gasteiger partial charge >= 0.3 is 0 Å². The second-order valence-corrected chi connectivity index (χ2v) is 2.26. The maximum Gasteiger partial charge on any atom is 0.0653 e. The Kier molecular flexibility index (Phi) is 6.56. The van der Waals surface area contributed by atoms with Crippen LogP contribution in [0.4, 0.5) is 0 Å². The monoisotopic (exact) mass is 194 g/mol. The van der Waals surface area contributed by atoms with Crippen LogP contribution in [0, 0.1) is 0 Å². The maximum atomic E-state index is 5.21.